The molecular weight excluding hydrogens is 212 g/mol. The molecule has 17 heavy (non-hydrogen) atoms. The van der Waals surface area contributed by atoms with E-state index < -0.39 is 0 Å². The fourth-order valence-electron chi connectivity index (χ4n) is 3.26. The van der Waals surface area contributed by atoms with E-state index in [1.54, 1.807) is 0 Å². The molecule has 1 aliphatic heterocycles. The molecule has 4 heteroatoms. The van der Waals surface area contributed by atoms with Gasteiger partial charge in [0.05, 0.1) is 11.7 Å². The summed E-state index contributed by atoms with van der Waals surface area (Å²) in [7, 11) is 4.12. The Morgan fingerprint density at radius 3 is 2.82 bits per heavy atom. The number of nitrogens with zero attached hydrogens (tertiary/aromatic N) is 3. The van der Waals surface area contributed by atoms with Gasteiger partial charge in [-0.15, -0.1) is 0 Å². The van der Waals surface area contributed by atoms with E-state index in [-0.39, 0.29) is 0 Å². The topological polar surface area (TPSA) is 33.1 Å². The molecule has 0 amide bonds. The van der Waals surface area contributed by atoms with Gasteiger partial charge in [0.15, 0.2) is 0 Å². The number of aryl methyl sites for hydroxylation is 1. The van der Waals surface area contributed by atoms with Crippen LogP contribution in [0.2, 0.25) is 0 Å². The van der Waals surface area contributed by atoms with Crippen LogP contribution < -0.4 is 5.32 Å². The van der Waals surface area contributed by atoms with Crippen molar-refractivity contribution in [2.45, 2.75) is 31.3 Å². The van der Waals surface area contributed by atoms with Crippen molar-refractivity contribution in [3.63, 3.8) is 0 Å². The number of rotatable bonds is 4. The second-order valence-corrected chi connectivity index (χ2v) is 5.40. The molecule has 0 bridgehead atoms. The third-order valence-corrected chi connectivity index (χ3v) is 4.21. The first-order valence-electron chi connectivity index (χ1n) is 6.69. The monoisotopic (exact) mass is 234 g/mol. The maximum atomic E-state index is 4.34. The second-order valence-electron chi connectivity index (χ2n) is 5.40. The molecule has 0 radical (unpaired) electrons. The van der Waals surface area contributed by atoms with Crippen LogP contribution in [0.25, 0.3) is 0 Å². The Kier molecular flexibility index (Phi) is 2.92. The van der Waals surface area contributed by atoms with Gasteiger partial charge in [0.2, 0.25) is 0 Å². The fraction of sp³-hybridized carbons (Fsp3) is 0.769. The van der Waals surface area contributed by atoms with Crippen LogP contribution in [0.4, 0.5) is 0 Å². The van der Waals surface area contributed by atoms with Crippen LogP contribution in [0.1, 0.15) is 31.0 Å². The van der Waals surface area contributed by atoms with Gasteiger partial charge in [-0.1, -0.05) is 0 Å². The molecule has 1 aromatic rings. The number of nitrogens with one attached hydrogen (secondary N) is 1. The lowest BCUT2D eigenvalue weighted by molar-refractivity contribution is 0.208. The second kappa shape index (κ2) is 4.42. The summed E-state index contributed by atoms with van der Waals surface area (Å²) in [6.45, 7) is 2.37. The third-order valence-electron chi connectivity index (χ3n) is 4.21. The van der Waals surface area contributed by atoms with Crippen molar-refractivity contribution in [1.82, 2.24) is 20.0 Å². The molecule has 2 unspecified atom stereocenters. The minimum absolute atomic E-state index is 0.572. The van der Waals surface area contributed by atoms with Crippen LogP contribution >= 0.6 is 0 Å². The van der Waals surface area contributed by atoms with Crippen molar-refractivity contribution in [1.29, 1.82) is 0 Å². The predicted octanol–water partition coefficient (Wildman–Crippen LogP) is 1.16. The largest absolute Gasteiger partial charge is 0.319 e. The zero-order valence-electron chi connectivity index (χ0n) is 10.8. The maximum absolute atomic E-state index is 4.34. The van der Waals surface area contributed by atoms with E-state index in [1.165, 1.54) is 31.5 Å². The first-order valence-corrected chi connectivity index (χ1v) is 6.69. The Morgan fingerprint density at radius 1 is 1.41 bits per heavy atom. The molecule has 1 saturated carbocycles. The molecule has 2 fully saturated rings. The summed E-state index contributed by atoms with van der Waals surface area (Å²) in [5, 5.41) is 7.68. The molecule has 2 heterocycles. The smallest absolute Gasteiger partial charge is 0.0560 e. The Labute approximate surface area is 103 Å². The maximum Gasteiger partial charge on any atom is 0.0560 e. The van der Waals surface area contributed by atoms with Crippen LogP contribution in [0, 0.1) is 5.92 Å². The minimum atomic E-state index is 0.572. The van der Waals surface area contributed by atoms with E-state index in [0.717, 1.165) is 18.5 Å². The van der Waals surface area contributed by atoms with Crippen LogP contribution in [-0.2, 0) is 7.05 Å². The van der Waals surface area contributed by atoms with Gasteiger partial charge in [-0.25, -0.2) is 0 Å². The molecule has 4 nitrogen and oxygen atoms in total. The van der Waals surface area contributed by atoms with Crippen LogP contribution in [-0.4, -0.2) is 40.9 Å². The van der Waals surface area contributed by atoms with Gasteiger partial charge in [0, 0.05) is 19.3 Å². The first kappa shape index (κ1) is 11.2. The number of aromatic nitrogens is 2. The summed E-state index contributed by atoms with van der Waals surface area (Å²) in [4.78, 5) is 2.71. The molecule has 2 atom stereocenters. The van der Waals surface area contributed by atoms with Crippen LogP contribution in [0.3, 0.4) is 0 Å². The predicted molar refractivity (Wildman–Crippen MR) is 67.7 cm³/mol. The van der Waals surface area contributed by atoms with E-state index in [1.807, 2.05) is 10.9 Å². The minimum Gasteiger partial charge on any atom is -0.319 e. The van der Waals surface area contributed by atoms with E-state index in [4.69, 9.17) is 0 Å². The molecule has 2 aliphatic rings. The zero-order chi connectivity index (χ0) is 11.8. The molecule has 0 aromatic carbocycles. The summed E-state index contributed by atoms with van der Waals surface area (Å²) in [5.74, 6) is 0.732. The average Bonchev–Trinajstić information content (AvgIpc) is 2.96. The van der Waals surface area contributed by atoms with Gasteiger partial charge in [-0.2, -0.15) is 5.10 Å². The third kappa shape index (κ3) is 2.00. The highest BCUT2D eigenvalue weighted by Crippen LogP contribution is 2.43. The SMILES string of the molecule is CNCC1CCN(C2CC2)C1c1ccnn1C. The van der Waals surface area contributed by atoms with Gasteiger partial charge in [-0.05, 0) is 51.4 Å². The molecule has 94 valence electrons. The normalized spacial score (nSPS) is 30.0. The number of likely N-dealkylation sites (tertiary alicyclic amines) is 1. The van der Waals surface area contributed by atoms with Gasteiger partial charge in [0.1, 0.15) is 0 Å². The zero-order valence-corrected chi connectivity index (χ0v) is 10.8. The summed E-state index contributed by atoms with van der Waals surface area (Å²) in [6, 6.07) is 3.60. The standard InChI is InChI=1S/C13H22N4/c1-14-9-10-6-8-17(11-3-4-11)13(10)12-5-7-15-16(12)2/h5,7,10-11,13-14H,3-4,6,8-9H2,1-2H3. The molecule has 0 spiro atoms. The van der Waals surface area contributed by atoms with Crippen molar-refractivity contribution in [2.75, 3.05) is 20.1 Å². The Morgan fingerprint density at radius 2 is 2.24 bits per heavy atom. The van der Waals surface area contributed by atoms with Gasteiger partial charge >= 0.3 is 0 Å². The van der Waals surface area contributed by atoms with Gasteiger partial charge in [0.25, 0.3) is 0 Å². The van der Waals surface area contributed by atoms with Crippen molar-refractivity contribution in [2.24, 2.45) is 13.0 Å². The molecule has 1 saturated heterocycles. The summed E-state index contributed by atoms with van der Waals surface area (Å²) in [5.41, 5.74) is 1.38. The number of hydrogen-bond acceptors (Lipinski definition) is 3. The van der Waals surface area contributed by atoms with E-state index in [9.17, 15) is 0 Å². The van der Waals surface area contributed by atoms with Crippen LogP contribution in [0.15, 0.2) is 12.3 Å². The average molecular weight is 234 g/mol. The van der Waals surface area contributed by atoms with E-state index in [2.05, 4.69) is 35.5 Å². The Hall–Kier alpha value is -0.870. The molecular formula is C13H22N4. The molecule has 1 aliphatic carbocycles. The highest BCUT2D eigenvalue weighted by molar-refractivity contribution is 5.13. The van der Waals surface area contributed by atoms with E-state index >= 15 is 0 Å². The quantitative estimate of drug-likeness (QED) is 0.849. The molecule has 1 aromatic heterocycles. The highest BCUT2D eigenvalue weighted by Gasteiger charge is 2.43. The molecule has 1 N–H and O–H groups in total. The summed E-state index contributed by atoms with van der Waals surface area (Å²) in [6.07, 6.45) is 6.02. The Bertz CT molecular complexity index is 383. The van der Waals surface area contributed by atoms with Crippen molar-refractivity contribution < 1.29 is 0 Å². The summed E-state index contributed by atoms with van der Waals surface area (Å²) >= 11 is 0. The van der Waals surface area contributed by atoms with Crippen LogP contribution in [0.5, 0.6) is 0 Å². The van der Waals surface area contributed by atoms with Gasteiger partial charge in [-0.3, -0.25) is 9.58 Å². The van der Waals surface area contributed by atoms with Crippen molar-refractivity contribution >= 4 is 0 Å². The lowest BCUT2D eigenvalue weighted by Gasteiger charge is -2.28. The van der Waals surface area contributed by atoms with Crippen molar-refractivity contribution in [3.05, 3.63) is 18.0 Å². The summed E-state index contributed by atoms with van der Waals surface area (Å²) < 4.78 is 2.05. The Balaban J connectivity index is 1.86. The first-order chi connectivity index (χ1) is 8.31. The lowest BCUT2D eigenvalue weighted by atomic mass is 9.97. The van der Waals surface area contributed by atoms with Crippen molar-refractivity contribution in [3.8, 4) is 0 Å². The fourth-order valence-corrected chi connectivity index (χ4v) is 3.26. The number of hydrogen-bond donors (Lipinski definition) is 1. The van der Waals surface area contributed by atoms with E-state index in [0.29, 0.717) is 6.04 Å². The highest BCUT2D eigenvalue weighted by atomic mass is 15.3. The molecule has 3 rings (SSSR count). The lowest BCUT2D eigenvalue weighted by Crippen LogP contribution is -2.32. The van der Waals surface area contributed by atoms with Gasteiger partial charge < -0.3 is 5.32 Å².